The first-order valence-electron chi connectivity index (χ1n) is 4.55. The van der Waals surface area contributed by atoms with Gasteiger partial charge in [0.2, 0.25) is 0 Å². The summed E-state index contributed by atoms with van der Waals surface area (Å²) in [6.45, 7) is 0. The van der Waals surface area contributed by atoms with E-state index in [0.29, 0.717) is 0 Å². The Kier molecular flexibility index (Phi) is 4.55. The van der Waals surface area contributed by atoms with E-state index in [4.69, 9.17) is 0 Å². The van der Waals surface area contributed by atoms with Gasteiger partial charge in [0.05, 0.1) is 16.9 Å². The molecule has 0 saturated carbocycles. The molecule has 0 aromatic carbocycles. The number of carbonyl (C=O) groups is 1. The molecule has 94 valence electrons. The Labute approximate surface area is 101 Å². The monoisotopic (exact) mass is 261 g/mol. The molecule has 1 heterocycles. The Balaban J connectivity index is 3.05. The Morgan fingerprint density at radius 3 is 2.76 bits per heavy atom. The van der Waals surface area contributed by atoms with Crippen molar-refractivity contribution in [2.45, 2.75) is 12.7 Å². The van der Waals surface area contributed by atoms with E-state index in [1.54, 1.807) is 0 Å². The van der Waals surface area contributed by atoms with Crippen LogP contribution in [-0.2, 0) is 15.9 Å². The molecule has 1 N–H and O–H groups in total. The first-order valence-corrected chi connectivity index (χ1v) is 5.37. The fourth-order valence-corrected chi connectivity index (χ4v) is 2.23. The number of ether oxygens (including phenoxy) is 2. The van der Waals surface area contributed by atoms with Gasteiger partial charge >= 0.3 is 5.97 Å². The van der Waals surface area contributed by atoms with Crippen LogP contribution >= 0.6 is 11.3 Å². The van der Waals surface area contributed by atoms with E-state index in [1.165, 1.54) is 14.2 Å². The van der Waals surface area contributed by atoms with Gasteiger partial charge in [0.1, 0.15) is 4.88 Å². The summed E-state index contributed by atoms with van der Waals surface area (Å²) >= 11 is 0.908. The van der Waals surface area contributed by atoms with Gasteiger partial charge in [-0.1, -0.05) is 0 Å². The van der Waals surface area contributed by atoms with E-state index in [-0.39, 0.29) is 21.9 Å². The average Bonchev–Trinajstić information content (AvgIpc) is 2.71. The molecule has 1 aromatic heterocycles. The van der Waals surface area contributed by atoms with Crippen LogP contribution < -0.4 is 0 Å². The molecule has 0 bridgehead atoms. The zero-order valence-corrected chi connectivity index (χ0v) is 10.0. The Morgan fingerprint density at radius 1 is 1.65 bits per heavy atom. The summed E-state index contributed by atoms with van der Waals surface area (Å²) in [7, 11) is 2.48. The molecular formula is C9H11NO6S. The number of nitrogens with zero attached hydrogens (tertiary/aromatic N) is 1. The van der Waals surface area contributed by atoms with E-state index in [1.807, 2.05) is 0 Å². The van der Waals surface area contributed by atoms with Gasteiger partial charge in [-0.15, -0.1) is 11.3 Å². The van der Waals surface area contributed by atoms with Crippen LogP contribution in [0.3, 0.4) is 0 Å². The number of hydrogen-bond acceptors (Lipinski definition) is 7. The fraction of sp³-hybridized carbons (Fsp3) is 0.444. The lowest BCUT2D eigenvalue weighted by molar-refractivity contribution is -0.385. The number of aliphatic hydroxyl groups is 1. The van der Waals surface area contributed by atoms with Crippen molar-refractivity contribution in [3.05, 3.63) is 25.9 Å². The minimum atomic E-state index is -1.14. The summed E-state index contributed by atoms with van der Waals surface area (Å²) in [5.74, 6) is -0.642. The predicted molar refractivity (Wildman–Crippen MR) is 59.0 cm³/mol. The van der Waals surface area contributed by atoms with Gasteiger partial charge in [-0.05, 0) is 0 Å². The largest absolute Gasteiger partial charge is 0.465 e. The second kappa shape index (κ2) is 5.71. The molecule has 0 spiro atoms. The highest BCUT2D eigenvalue weighted by atomic mass is 32.1. The molecular weight excluding hydrogens is 250 g/mol. The maximum absolute atomic E-state index is 11.2. The normalized spacial score (nSPS) is 12.2. The molecule has 7 nitrogen and oxygen atoms in total. The molecule has 0 saturated heterocycles. The minimum absolute atomic E-state index is 0.0471. The van der Waals surface area contributed by atoms with Gasteiger partial charge < -0.3 is 14.6 Å². The number of rotatable bonds is 5. The molecule has 0 aliphatic heterocycles. The van der Waals surface area contributed by atoms with Crippen molar-refractivity contribution in [3.63, 3.8) is 0 Å². The van der Waals surface area contributed by atoms with Crippen LogP contribution in [0, 0.1) is 10.1 Å². The highest BCUT2D eigenvalue weighted by molar-refractivity contribution is 7.14. The SMILES string of the molecule is COC(=O)c1cc([N+](=O)[O-])c(CC(O)OC)s1. The van der Waals surface area contributed by atoms with Crippen LogP contribution in [0.5, 0.6) is 0 Å². The Morgan fingerprint density at radius 2 is 2.29 bits per heavy atom. The number of carbonyl (C=O) groups excluding carboxylic acids is 1. The van der Waals surface area contributed by atoms with Crippen molar-refractivity contribution in [2.75, 3.05) is 14.2 Å². The molecule has 8 heteroatoms. The third-order valence-electron chi connectivity index (χ3n) is 2.00. The van der Waals surface area contributed by atoms with Crippen LogP contribution in [0.25, 0.3) is 0 Å². The third-order valence-corrected chi connectivity index (χ3v) is 3.13. The molecule has 0 aliphatic rings. The summed E-state index contributed by atoms with van der Waals surface area (Å²) in [5.41, 5.74) is -0.216. The maximum Gasteiger partial charge on any atom is 0.348 e. The number of aliphatic hydroxyl groups excluding tert-OH is 1. The van der Waals surface area contributed by atoms with Crippen molar-refractivity contribution < 1.29 is 24.3 Å². The molecule has 1 unspecified atom stereocenters. The molecule has 0 aliphatic carbocycles. The Hall–Kier alpha value is -1.51. The van der Waals surface area contributed by atoms with Gasteiger partial charge in [0.15, 0.2) is 6.29 Å². The van der Waals surface area contributed by atoms with Crippen molar-refractivity contribution in [2.24, 2.45) is 0 Å². The summed E-state index contributed by atoms with van der Waals surface area (Å²) in [5, 5.41) is 20.0. The van der Waals surface area contributed by atoms with E-state index in [2.05, 4.69) is 9.47 Å². The lowest BCUT2D eigenvalue weighted by Crippen LogP contribution is -2.12. The van der Waals surface area contributed by atoms with Gasteiger partial charge in [-0.2, -0.15) is 0 Å². The summed E-state index contributed by atoms with van der Waals surface area (Å²) < 4.78 is 9.08. The quantitative estimate of drug-likeness (QED) is 0.366. The third kappa shape index (κ3) is 3.22. The molecule has 1 rings (SSSR count). The second-order valence-corrected chi connectivity index (χ2v) is 4.20. The van der Waals surface area contributed by atoms with E-state index < -0.39 is 17.2 Å². The lowest BCUT2D eigenvalue weighted by Gasteiger charge is -2.05. The van der Waals surface area contributed by atoms with Crippen LogP contribution in [0.4, 0.5) is 5.69 Å². The zero-order valence-electron chi connectivity index (χ0n) is 9.21. The smallest absolute Gasteiger partial charge is 0.348 e. The molecule has 17 heavy (non-hydrogen) atoms. The maximum atomic E-state index is 11.2. The number of hydrogen-bond donors (Lipinski definition) is 1. The van der Waals surface area contributed by atoms with Gasteiger partial charge in [-0.25, -0.2) is 4.79 Å². The first-order chi connectivity index (χ1) is 7.99. The van der Waals surface area contributed by atoms with Gasteiger partial charge in [0.25, 0.3) is 5.69 Å². The van der Waals surface area contributed by atoms with Crippen molar-refractivity contribution in [1.29, 1.82) is 0 Å². The molecule has 1 atom stereocenters. The highest BCUT2D eigenvalue weighted by Crippen LogP contribution is 2.30. The predicted octanol–water partition coefficient (Wildman–Crippen LogP) is 0.950. The number of esters is 1. The lowest BCUT2D eigenvalue weighted by atomic mass is 10.3. The van der Waals surface area contributed by atoms with E-state index in [0.717, 1.165) is 17.4 Å². The molecule has 0 amide bonds. The fourth-order valence-electron chi connectivity index (χ4n) is 1.16. The van der Waals surface area contributed by atoms with Crippen LogP contribution in [-0.4, -0.2) is 36.5 Å². The van der Waals surface area contributed by atoms with Crippen LogP contribution in [0.2, 0.25) is 0 Å². The standard InChI is InChI=1S/C9H11NO6S/c1-15-8(11)4-6-5(10(13)14)3-7(17-6)9(12)16-2/h3,8,11H,4H2,1-2H3. The highest BCUT2D eigenvalue weighted by Gasteiger charge is 2.24. The van der Waals surface area contributed by atoms with E-state index in [9.17, 15) is 20.0 Å². The zero-order chi connectivity index (χ0) is 13.0. The molecule has 0 fully saturated rings. The average molecular weight is 261 g/mol. The molecule has 1 aromatic rings. The summed E-state index contributed by atoms with van der Waals surface area (Å²) in [6.07, 6.45) is -1.19. The van der Waals surface area contributed by atoms with Crippen LogP contribution in [0.15, 0.2) is 6.07 Å². The van der Waals surface area contributed by atoms with Gasteiger partial charge in [0, 0.05) is 19.6 Å². The van der Waals surface area contributed by atoms with Crippen molar-refractivity contribution in [1.82, 2.24) is 0 Å². The second-order valence-electron chi connectivity index (χ2n) is 3.06. The van der Waals surface area contributed by atoms with E-state index >= 15 is 0 Å². The topological polar surface area (TPSA) is 98.9 Å². The van der Waals surface area contributed by atoms with Gasteiger partial charge in [-0.3, -0.25) is 10.1 Å². The number of methoxy groups -OCH3 is 2. The minimum Gasteiger partial charge on any atom is -0.465 e. The Bertz CT molecular complexity index is 429. The summed E-state index contributed by atoms with van der Waals surface area (Å²) in [6, 6.07) is 1.13. The number of thiophene rings is 1. The first kappa shape index (κ1) is 13.6. The van der Waals surface area contributed by atoms with Crippen LogP contribution in [0.1, 0.15) is 14.5 Å². The van der Waals surface area contributed by atoms with Crippen molar-refractivity contribution in [3.8, 4) is 0 Å². The number of nitro groups is 1. The molecule has 0 radical (unpaired) electrons. The summed E-state index contributed by atoms with van der Waals surface area (Å²) in [4.78, 5) is 21.8. The van der Waals surface area contributed by atoms with Crippen molar-refractivity contribution >= 4 is 23.0 Å².